The molecule has 0 spiro atoms. The van der Waals surface area contributed by atoms with Gasteiger partial charge in [-0.2, -0.15) is 0 Å². The number of ether oxygens (including phenoxy) is 2. The molecule has 0 bridgehead atoms. The zero-order valence-corrected chi connectivity index (χ0v) is 10.6. The maximum Gasteiger partial charge on any atom is 0.231 e. The Bertz CT molecular complexity index is 384. The zero-order valence-electron chi connectivity index (χ0n) is 9.00. The van der Waals surface area contributed by atoms with Crippen LogP contribution in [-0.2, 0) is 0 Å². The van der Waals surface area contributed by atoms with Crippen LogP contribution in [0.1, 0.15) is 18.5 Å². The SMILES string of the molecule is CCNC(CO)c1cc(Br)c2c(c1)OCO2. The molecule has 0 aromatic heterocycles. The standard InChI is InChI=1S/C11H14BrNO3/c1-2-13-9(5-14)7-3-8(12)11-10(4-7)15-6-16-11/h3-4,9,13-14H,2,5-6H2,1H3. The van der Waals surface area contributed by atoms with Crippen LogP contribution in [-0.4, -0.2) is 25.1 Å². The van der Waals surface area contributed by atoms with Crippen molar-refractivity contribution < 1.29 is 14.6 Å². The molecule has 1 aromatic rings. The average Bonchev–Trinajstić information content (AvgIpc) is 2.74. The van der Waals surface area contributed by atoms with Crippen molar-refractivity contribution in [1.82, 2.24) is 5.32 Å². The molecule has 2 rings (SSSR count). The first-order valence-electron chi connectivity index (χ1n) is 5.19. The second-order valence-electron chi connectivity index (χ2n) is 3.53. The second kappa shape index (κ2) is 5.03. The van der Waals surface area contributed by atoms with Crippen LogP contribution in [0.15, 0.2) is 16.6 Å². The quantitative estimate of drug-likeness (QED) is 0.887. The van der Waals surface area contributed by atoms with Crippen molar-refractivity contribution in [3.8, 4) is 11.5 Å². The van der Waals surface area contributed by atoms with E-state index in [1.807, 2.05) is 19.1 Å². The molecule has 1 heterocycles. The van der Waals surface area contributed by atoms with Gasteiger partial charge >= 0.3 is 0 Å². The predicted octanol–water partition coefficient (Wildman–Crippen LogP) is 1.82. The summed E-state index contributed by atoms with van der Waals surface area (Å²) in [7, 11) is 0. The Morgan fingerprint density at radius 3 is 3.00 bits per heavy atom. The molecule has 2 N–H and O–H groups in total. The Hall–Kier alpha value is -0.780. The monoisotopic (exact) mass is 287 g/mol. The van der Waals surface area contributed by atoms with Gasteiger partial charge in [0, 0.05) is 0 Å². The molecule has 0 aliphatic carbocycles. The highest BCUT2D eigenvalue weighted by Gasteiger charge is 2.20. The van der Waals surface area contributed by atoms with Crippen LogP contribution in [0.3, 0.4) is 0 Å². The molecule has 0 fully saturated rings. The third-order valence-electron chi connectivity index (χ3n) is 2.49. The fraction of sp³-hybridized carbons (Fsp3) is 0.455. The van der Waals surface area contributed by atoms with Crippen molar-refractivity contribution in [3.63, 3.8) is 0 Å². The van der Waals surface area contributed by atoms with E-state index in [1.165, 1.54) is 0 Å². The molecular weight excluding hydrogens is 274 g/mol. The summed E-state index contributed by atoms with van der Waals surface area (Å²) in [6, 6.07) is 3.77. The van der Waals surface area contributed by atoms with Crippen molar-refractivity contribution in [1.29, 1.82) is 0 Å². The number of hydrogen-bond donors (Lipinski definition) is 2. The van der Waals surface area contributed by atoms with Gasteiger partial charge in [-0.15, -0.1) is 0 Å². The van der Waals surface area contributed by atoms with Gasteiger partial charge in [0.05, 0.1) is 17.1 Å². The minimum atomic E-state index is -0.0733. The predicted molar refractivity (Wildman–Crippen MR) is 63.8 cm³/mol. The van der Waals surface area contributed by atoms with Gasteiger partial charge in [-0.1, -0.05) is 6.92 Å². The average molecular weight is 288 g/mol. The number of fused-ring (bicyclic) bond motifs is 1. The summed E-state index contributed by atoms with van der Waals surface area (Å²) in [5.74, 6) is 1.46. The molecule has 0 saturated carbocycles. The molecule has 88 valence electrons. The van der Waals surface area contributed by atoms with E-state index in [0.717, 1.165) is 28.1 Å². The lowest BCUT2D eigenvalue weighted by Gasteiger charge is -2.16. The third kappa shape index (κ3) is 2.16. The van der Waals surface area contributed by atoms with Crippen LogP contribution in [0, 0.1) is 0 Å². The van der Waals surface area contributed by atoms with E-state index in [9.17, 15) is 5.11 Å². The first kappa shape index (κ1) is 11.7. The van der Waals surface area contributed by atoms with Crippen LogP contribution < -0.4 is 14.8 Å². The molecule has 1 aromatic carbocycles. The van der Waals surface area contributed by atoms with Gasteiger partial charge in [0.25, 0.3) is 0 Å². The molecule has 5 heteroatoms. The highest BCUT2D eigenvalue weighted by atomic mass is 79.9. The molecule has 1 aliphatic heterocycles. The van der Waals surface area contributed by atoms with Gasteiger partial charge in [0.15, 0.2) is 11.5 Å². The van der Waals surface area contributed by atoms with Gasteiger partial charge in [0.1, 0.15) is 0 Å². The van der Waals surface area contributed by atoms with Gasteiger partial charge < -0.3 is 19.9 Å². The number of benzene rings is 1. The maximum absolute atomic E-state index is 9.30. The molecule has 0 radical (unpaired) electrons. The number of likely N-dealkylation sites (N-methyl/N-ethyl adjacent to an activating group) is 1. The summed E-state index contributed by atoms with van der Waals surface area (Å²) in [6.45, 7) is 3.12. The van der Waals surface area contributed by atoms with Gasteiger partial charge in [-0.3, -0.25) is 0 Å². The summed E-state index contributed by atoms with van der Waals surface area (Å²) in [4.78, 5) is 0. The van der Waals surface area contributed by atoms with Gasteiger partial charge in [0.2, 0.25) is 6.79 Å². The van der Waals surface area contributed by atoms with E-state index in [1.54, 1.807) is 0 Å². The lowest BCUT2D eigenvalue weighted by Crippen LogP contribution is -2.23. The molecule has 0 amide bonds. The minimum Gasteiger partial charge on any atom is -0.454 e. The van der Waals surface area contributed by atoms with Crippen LogP contribution in [0.25, 0.3) is 0 Å². The Kier molecular flexibility index (Phi) is 3.68. The van der Waals surface area contributed by atoms with Crippen molar-refractivity contribution in [2.75, 3.05) is 19.9 Å². The Balaban J connectivity index is 2.31. The largest absolute Gasteiger partial charge is 0.454 e. The Morgan fingerprint density at radius 1 is 1.50 bits per heavy atom. The zero-order chi connectivity index (χ0) is 11.5. The lowest BCUT2D eigenvalue weighted by atomic mass is 10.1. The van der Waals surface area contributed by atoms with E-state index in [-0.39, 0.29) is 19.4 Å². The van der Waals surface area contributed by atoms with E-state index < -0.39 is 0 Å². The van der Waals surface area contributed by atoms with Crippen LogP contribution >= 0.6 is 15.9 Å². The molecule has 4 nitrogen and oxygen atoms in total. The van der Waals surface area contributed by atoms with Crippen molar-refractivity contribution in [2.45, 2.75) is 13.0 Å². The van der Waals surface area contributed by atoms with Crippen molar-refractivity contribution >= 4 is 15.9 Å². The molecule has 1 atom stereocenters. The second-order valence-corrected chi connectivity index (χ2v) is 4.38. The molecule has 1 unspecified atom stereocenters. The summed E-state index contributed by atoms with van der Waals surface area (Å²) in [5, 5.41) is 12.5. The first-order chi connectivity index (χ1) is 7.76. The first-order valence-corrected chi connectivity index (χ1v) is 5.98. The number of halogens is 1. The summed E-state index contributed by atoms with van der Waals surface area (Å²) < 4.78 is 11.5. The van der Waals surface area contributed by atoms with Crippen LogP contribution in [0.2, 0.25) is 0 Å². The lowest BCUT2D eigenvalue weighted by molar-refractivity contribution is 0.173. The van der Waals surface area contributed by atoms with E-state index in [0.29, 0.717) is 0 Å². The van der Waals surface area contributed by atoms with Crippen LogP contribution in [0.4, 0.5) is 0 Å². The van der Waals surface area contributed by atoms with Crippen molar-refractivity contribution in [3.05, 3.63) is 22.2 Å². The maximum atomic E-state index is 9.30. The molecule has 16 heavy (non-hydrogen) atoms. The highest BCUT2D eigenvalue weighted by Crippen LogP contribution is 2.41. The van der Waals surface area contributed by atoms with E-state index in [2.05, 4.69) is 21.2 Å². The third-order valence-corrected chi connectivity index (χ3v) is 3.07. The minimum absolute atomic E-state index is 0.0555. The fourth-order valence-electron chi connectivity index (χ4n) is 1.72. The molecular formula is C11H14BrNO3. The van der Waals surface area contributed by atoms with Crippen molar-refractivity contribution in [2.24, 2.45) is 0 Å². The molecule has 0 saturated heterocycles. The summed E-state index contributed by atoms with van der Waals surface area (Å²) >= 11 is 3.43. The summed E-state index contributed by atoms with van der Waals surface area (Å²) in [6.07, 6.45) is 0. The highest BCUT2D eigenvalue weighted by molar-refractivity contribution is 9.10. The molecule has 1 aliphatic rings. The summed E-state index contributed by atoms with van der Waals surface area (Å²) in [5.41, 5.74) is 0.987. The Morgan fingerprint density at radius 2 is 2.31 bits per heavy atom. The van der Waals surface area contributed by atoms with E-state index >= 15 is 0 Å². The van der Waals surface area contributed by atoms with Gasteiger partial charge in [-0.25, -0.2) is 0 Å². The number of nitrogens with one attached hydrogen (secondary N) is 1. The topological polar surface area (TPSA) is 50.7 Å². The number of aliphatic hydroxyl groups is 1. The number of hydrogen-bond acceptors (Lipinski definition) is 4. The fourth-order valence-corrected chi connectivity index (χ4v) is 2.30. The Labute approximate surface area is 103 Å². The van der Waals surface area contributed by atoms with Gasteiger partial charge in [-0.05, 0) is 40.2 Å². The van der Waals surface area contributed by atoms with E-state index in [4.69, 9.17) is 9.47 Å². The van der Waals surface area contributed by atoms with Crippen LogP contribution in [0.5, 0.6) is 11.5 Å². The number of rotatable bonds is 4. The number of aliphatic hydroxyl groups excluding tert-OH is 1. The smallest absolute Gasteiger partial charge is 0.231 e. The normalized spacial score (nSPS) is 15.2.